The lowest BCUT2D eigenvalue weighted by atomic mass is 9.83. The second-order valence-corrected chi connectivity index (χ2v) is 10.9. The van der Waals surface area contributed by atoms with Crippen LogP contribution in [0.3, 0.4) is 0 Å². The number of esters is 2. The van der Waals surface area contributed by atoms with Gasteiger partial charge in [0.25, 0.3) is 0 Å². The number of piperidine rings is 3. The Bertz CT molecular complexity index is 1170. The van der Waals surface area contributed by atoms with Gasteiger partial charge in [-0.1, -0.05) is 18.2 Å². The number of ketones is 1. The first-order valence-electron chi connectivity index (χ1n) is 11.9. The fourth-order valence-electron chi connectivity index (χ4n) is 4.94. The lowest BCUT2D eigenvalue weighted by Crippen LogP contribution is -3.00. The minimum atomic E-state index is -0.312. The zero-order valence-corrected chi connectivity index (χ0v) is 24.1. The number of benzene rings is 1. The van der Waals surface area contributed by atoms with E-state index in [-0.39, 0.29) is 40.8 Å². The number of methoxy groups -OCH3 is 1. The number of hydrogen-bond donors (Lipinski definition) is 1. The number of anilines is 2. The third kappa shape index (κ3) is 7.50. The Balaban J connectivity index is 0.000000205. The van der Waals surface area contributed by atoms with Gasteiger partial charge in [-0.15, -0.1) is 11.3 Å². The summed E-state index contributed by atoms with van der Waals surface area (Å²) in [5, 5.41) is 8.90. The van der Waals surface area contributed by atoms with Crippen LogP contribution in [0.25, 0.3) is 0 Å². The van der Waals surface area contributed by atoms with Gasteiger partial charge in [0.15, 0.2) is 6.10 Å². The van der Waals surface area contributed by atoms with Crippen LogP contribution in [-0.2, 0) is 14.3 Å². The molecule has 6 rings (SSSR count). The smallest absolute Gasteiger partial charge is 0.350 e. The highest BCUT2D eigenvalue weighted by molar-refractivity contribution is 7.12. The van der Waals surface area contributed by atoms with Crippen LogP contribution in [0.1, 0.15) is 39.8 Å². The predicted octanol–water partition coefficient (Wildman–Crippen LogP) is 2.39. The van der Waals surface area contributed by atoms with Gasteiger partial charge in [-0.2, -0.15) is 11.3 Å². The maximum Gasteiger partial charge on any atom is 0.350 e. The van der Waals surface area contributed by atoms with E-state index in [9.17, 15) is 14.4 Å². The molecule has 0 amide bonds. The van der Waals surface area contributed by atoms with E-state index in [0.717, 1.165) is 53.9 Å². The van der Waals surface area contributed by atoms with E-state index in [0.29, 0.717) is 17.3 Å². The number of halogens is 1. The number of fused-ring (bicyclic) bond motifs is 3. The quantitative estimate of drug-likeness (QED) is 0.253. The fraction of sp³-hybridized carbons (Fsp3) is 0.370. The van der Waals surface area contributed by atoms with Crippen LogP contribution < -0.4 is 22.3 Å². The molecular weight excluding hydrogens is 576 g/mol. The number of rotatable bonds is 7. The van der Waals surface area contributed by atoms with Crippen molar-refractivity contribution in [1.82, 2.24) is 0 Å². The standard InChI is InChI=1S/C15H20NO3S.C12H11NO2S.BrH/c1-11(17)19-15-9-16(5-2-12(15)3-6-16)8-14(18)13-4-7-20-10-13;1-15-12(14)11-10(7-8-16-11)13-9-5-3-2-4-6-9;/h4,7,10,12,15H,2-3,5-6,8-9H2,1H3;2-8,13H,1H3;1H/q+1;;/p-1/t12?,15-,16?;;/m0../s1. The Morgan fingerprint density at radius 2 is 1.78 bits per heavy atom. The molecule has 7 nitrogen and oxygen atoms in total. The second-order valence-electron chi connectivity index (χ2n) is 9.20. The van der Waals surface area contributed by atoms with Crippen molar-refractivity contribution in [2.45, 2.75) is 25.9 Å². The number of nitrogens with one attached hydrogen (secondary N) is 1. The first-order valence-corrected chi connectivity index (χ1v) is 13.8. The summed E-state index contributed by atoms with van der Waals surface area (Å²) in [6.45, 7) is 4.90. The van der Waals surface area contributed by atoms with E-state index >= 15 is 0 Å². The molecule has 3 fully saturated rings. The van der Waals surface area contributed by atoms with Gasteiger partial charge in [0, 0.05) is 42.3 Å². The van der Waals surface area contributed by atoms with Crippen molar-refractivity contribution < 1.29 is 45.3 Å². The van der Waals surface area contributed by atoms with Crippen molar-refractivity contribution >= 4 is 51.8 Å². The molecule has 3 aliphatic heterocycles. The zero-order chi connectivity index (χ0) is 25.5. The minimum Gasteiger partial charge on any atom is -1.00 e. The zero-order valence-electron chi connectivity index (χ0n) is 20.9. The summed E-state index contributed by atoms with van der Waals surface area (Å²) >= 11 is 2.92. The molecule has 37 heavy (non-hydrogen) atoms. The molecule has 10 heteroatoms. The number of para-hydroxylation sites is 1. The number of quaternary nitrogens is 1. The van der Waals surface area contributed by atoms with Crippen LogP contribution in [0.4, 0.5) is 11.4 Å². The molecule has 1 N–H and O–H groups in total. The van der Waals surface area contributed by atoms with Crippen molar-refractivity contribution in [2.24, 2.45) is 5.92 Å². The third-order valence-corrected chi connectivity index (χ3v) is 8.35. The van der Waals surface area contributed by atoms with Crippen LogP contribution in [0.15, 0.2) is 58.6 Å². The highest BCUT2D eigenvalue weighted by Gasteiger charge is 2.48. The van der Waals surface area contributed by atoms with Gasteiger partial charge in [-0.3, -0.25) is 9.59 Å². The molecule has 2 aromatic heterocycles. The number of Topliss-reactive ketones (excluding diaryl/α,β-unsaturated/α-hetero) is 1. The summed E-state index contributed by atoms with van der Waals surface area (Å²) in [7, 11) is 1.38. The summed E-state index contributed by atoms with van der Waals surface area (Å²) in [5.41, 5.74) is 2.55. The number of hydrogen-bond acceptors (Lipinski definition) is 8. The van der Waals surface area contributed by atoms with Gasteiger partial charge in [-0.05, 0) is 35.0 Å². The Morgan fingerprint density at radius 3 is 2.41 bits per heavy atom. The minimum absolute atomic E-state index is 0. The van der Waals surface area contributed by atoms with E-state index in [4.69, 9.17) is 9.47 Å². The largest absolute Gasteiger partial charge is 1.00 e. The van der Waals surface area contributed by atoms with Crippen molar-refractivity contribution in [3.05, 3.63) is 69.0 Å². The van der Waals surface area contributed by atoms with E-state index in [1.807, 2.05) is 58.6 Å². The molecule has 2 bridgehead atoms. The molecule has 3 saturated heterocycles. The van der Waals surface area contributed by atoms with E-state index in [1.165, 1.54) is 25.4 Å². The van der Waals surface area contributed by atoms with Crippen molar-refractivity contribution in [1.29, 1.82) is 0 Å². The molecule has 0 radical (unpaired) electrons. The average Bonchev–Trinajstić information content (AvgIpc) is 3.58. The first kappa shape index (κ1) is 29.0. The van der Waals surface area contributed by atoms with Crippen molar-refractivity contribution in [2.75, 3.05) is 38.6 Å². The molecule has 198 valence electrons. The SMILES string of the molecule is CC(=O)O[C@H]1C[N+]2(CC(=O)c3ccsc3)CCC1CC2.COC(=O)c1sccc1Nc1ccccc1.[Br-]. The molecule has 1 aromatic carbocycles. The van der Waals surface area contributed by atoms with Gasteiger partial charge >= 0.3 is 11.9 Å². The van der Waals surface area contributed by atoms with Crippen LogP contribution >= 0.6 is 22.7 Å². The summed E-state index contributed by atoms with van der Waals surface area (Å²) in [6.07, 6.45) is 2.13. The highest BCUT2D eigenvalue weighted by Crippen LogP contribution is 2.36. The van der Waals surface area contributed by atoms with Crippen LogP contribution in [0.2, 0.25) is 0 Å². The van der Waals surface area contributed by atoms with Crippen LogP contribution in [-0.4, -0.2) is 61.6 Å². The van der Waals surface area contributed by atoms with Crippen LogP contribution in [0.5, 0.6) is 0 Å². The fourth-order valence-corrected chi connectivity index (χ4v) is 6.37. The molecule has 0 spiro atoms. The lowest BCUT2D eigenvalue weighted by molar-refractivity contribution is -0.938. The lowest BCUT2D eigenvalue weighted by Gasteiger charge is -2.51. The first-order chi connectivity index (χ1) is 17.4. The Labute approximate surface area is 235 Å². The Kier molecular flexibility index (Phi) is 10.5. The van der Waals surface area contributed by atoms with Gasteiger partial charge in [0.2, 0.25) is 5.78 Å². The molecule has 0 unspecified atom stereocenters. The maximum absolute atomic E-state index is 12.4. The van der Waals surface area contributed by atoms with E-state index < -0.39 is 0 Å². The molecule has 1 atom stereocenters. The van der Waals surface area contributed by atoms with Crippen molar-refractivity contribution in [3.63, 3.8) is 0 Å². The van der Waals surface area contributed by atoms with Gasteiger partial charge in [-0.25, -0.2) is 4.79 Å². The number of carbonyl (C=O) groups excluding carboxylic acids is 3. The topological polar surface area (TPSA) is 81.7 Å². The second kappa shape index (κ2) is 13.3. The number of nitrogens with zero attached hydrogens (tertiary/aromatic N) is 1. The molecule has 3 aliphatic rings. The highest BCUT2D eigenvalue weighted by atomic mass is 79.9. The molecular formula is C27H31BrN2O5S2. The summed E-state index contributed by atoms with van der Waals surface area (Å²) in [5.74, 6) is 0.197. The Morgan fingerprint density at radius 1 is 1.05 bits per heavy atom. The van der Waals surface area contributed by atoms with Gasteiger partial charge in [0.05, 0.1) is 25.9 Å². The van der Waals surface area contributed by atoms with Crippen LogP contribution in [0, 0.1) is 5.92 Å². The number of carbonyl (C=O) groups is 3. The number of ether oxygens (including phenoxy) is 2. The third-order valence-electron chi connectivity index (χ3n) is 6.77. The monoisotopic (exact) mass is 606 g/mol. The predicted molar refractivity (Wildman–Crippen MR) is 142 cm³/mol. The normalized spacial score (nSPS) is 21.6. The molecule has 0 saturated carbocycles. The summed E-state index contributed by atoms with van der Waals surface area (Å²) < 4.78 is 11.0. The Hall–Kier alpha value is -2.53. The van der Waals surface area contributed by atoms with Gasteiger partial charge in [0.1, 0.15) is 18.0 Å². The molecule has 5 heterocycles. The maximum atomic E-state index is 12.4. The molecule has 0 aliphatic carbocycles. The van der Waals surface area contributed by atoms with E-state index in [1.54, 1.807) is 11.3 Å². The summed E-state index contributed by atoms with van der Waals surface area (Å²) in [4.78, 5) is 35.6. The molecule has 3 aromatic rings. The summed E-state index contributed by atoms with van der Waals surface area (Å²) in [6, 6.07) is 13.5. The van der Waals surface area contributed by atoms with E-state index in [2.05, 4.69) is 5.32 Å². The number of thiophene rings is 2. The average molecular weight is 608 g/mol. The van der Waals surface area contributed by atoms with Crippen molar-refractivity contribution in [3.8, 4) is 0 Å². The van der Waals surface area contributed by atoms with Gasteiger partial charge < -0.3 is 36.3 Å².